The Labute approximate surface area is 156 Å². The average Bonchev–Trinajstić information content (AvgIpc) is 3.05. The van der Waals surface area contributed by atoms with E-state index in [-0.39, 0.29) is 11.6 Å². The van der Waals surface area contributed by atoms with Crippen LogP contribution < -0.4 is 5.32 Å². The van der Waals surface area contributed by atoms with Crippen molar-refractivity contribution in [3.05, 3.63) is 30.7 Å². The van der Waals surface area contributed by atoms with Crippen molar-refractivity contribution in [2.45, 2.75) is 19.1 Å². The molecule has 1 atom stereocenters. The minimum Gasteiger partial charge on any atom is -0.356 e. The van der Waals surface area contributed by atoms with E-state index in [1.807, 2.05) is 0 Å². The first-order valence-electron chi connectivity index (χ1n) is 8.04. The molecule has 0 aliphatic carbocycles. The van der Waals surface area contributed by atoms with E-state index in [2.05, 4.69) is 30.2 Å². The summed E-state index contributed by atoms with van der Waals surface area (Å²) in [5.41, 5.74) is 1.04. The number of hydrogen-bond acceptors (Lipinski definition) is 6. The van der Waals surface area contributed by atoms with Gasteiger partial charge in [0.15, 0.2) is 17.5 Å². The lowest BCUT2D eigenvalue weighted by molar-refractivity contribution is -0.158. The zero-order valence-corrected chi connectivity index (χ0v) is 14.8. The first kappa shape index (κ1) is 19.5. The van der Waals surface area contributed by atoms with Gasteiger partial charge in [0.1, 0.15) is 24.6 Å². The van der Waals surface area contributed by atoms with Crippen LogP contribution in [-0.2, 0) is 4.79 Å². The summed E-state index contributed by atoms with van der Waals surface area (Å²) in [6.45, 7) is -0.0966. The molecule has 0 spiro atoms. The highest BCUT2D eigenvalue weighted by Crippen LogP contribution is 2.25. The van der Waals surface area contributed by atoms with Gasteiger partial charge in [0.25, 0.3) is 0 Å². The number of alkyl halides is 3. The zero-order chi connectivity index (χ0) is 20.5. The molecule has 0 saturated heterocycles. The van der Waals surface area contributed by atoms with Gasteiger partial charge >= 0.3 is 6.18 Å². The average molecular weight is 397 g/mol. The molecule has 148 valence electrons. The smallest absolute Gasteiger partial charge is 0.356 e. The van der Waals surface area contributed by atoms with Gasteiger partial charge in [-0.15, -0.1) is 0 Å². The van der Waals surface area contributed by atoms with E-state index in [4.69, 9.17) is 0 Å². The molecule has 8 nitrogen and oxygen atoms in total. The highest BCUT2D eigenvalue weighted by Gasteiger charge is 2.32. The SMILES string of the molecule is C[C@@H](Nc1nc(-c2c[nH]c3ncncc23)ncc1F)C(=O)N(C)CC(F)(F)F. The molecule has 0 aromatic carbocycles. The van der Waals surface area contributed by atoms with Crippen molar-refractivity contribution in [2.24, 2.45) is 0 Å². The number of rotatable bonds is 5. The first-order chi connectivity index (χ1) is 13.2. The largest absolute Gasteiger partial charge is 0.406 e. The Morgan fingerprint density at radius 3 is 2.79 bits per heavy atom. The summed E-state index contributed by atoms with van der Waals surface area (Å²) < 4.78 is 51.4. The van der Waals surface area contributed by atoms with Crippen LogP contribution in [0, 0.1) is 5.82 Å². The van der Waals surface area contributed by atoms with E-state index in [0.29, 0.717) is 21.5 Å². The zero-order valence-electron chi connectivity index (χ0n) is 14.8. The summed E-state index contributed by atoms with van der Waals surface area (Å²) in [4.78, 5) is 31.4. The van der Waals surface area contributed by atoms with Gasteiger partial charge in [-0.1, -0.05) is 0 Å². The molecule has 3 heterocycles. The predicted octanol–water partition coefficient (Wildman–Crippen LogP) is 2.38. The van der Waals surface area contributed by atoms with Crippen LogP contribution in [0.4, 0.5) is 23.4 Å². The number of aromatic amines is 1. The van der Waals surface area contributed by atoms with E-state index in [9.17, 15) is 22.4 Å². The van der Waals surface area contributed by atoms with Crippen LogP contribution in [-0.4, -0.2) is 61.5 Å². The number of hydrogen-bond donors (Lipinski definition) is 2. The quantitative estimate of drug-likeness (QED) is 0.642. The maximum absolute atomic E-state index is 14.1. The second kappa shape index (κ2) is 7.37. The van der Waals surface area contributed by atoms with Crippen LogP contribution in [0.15, 0.2) is 24.9 Å². The number of aromatic nitrogens is 5. The summed E-state index contributed by atoms with van der Waals surface area (Å²) >= 11 is 0. The van der Waals surface area contributed by atoms with Crippen LogP contribution in [0.5, 0.6) is 0 Å². The van der Waals surface area contributed by atoms with E-state index < -0.39 is 30.5 Å². The summed E-state index contributed by atoms with van der Waals surface area (Å²) in [7, 11) is 1.02. The number of fused-ring (bicyclic) bond motifs is 1. The van der Waals surface area contributed by atoms with Crippen molar-refractivity contribution in [3.63, 3.8) is 0 Å². The fourth-order valence-electron chi connectivity index (χ4n) is 2.59. The molecule has 1 amide bonds. The number of anilines is 1. The molecule has 0 unspecified atom stereocenters. The van der Waals surface area contributed by atoms with Gasteiger partial charge in [0, 0.05) is 30.4 Å². The fraction of sp³-hybridized carbons (Fsp3) is 0.312. The summed E-state index contributed by atoms with van der Waals surface area (Å²) in [6, 6.07) is -1.14. The molecule has 12 heteroatoms. The number of amides is 1. The van der Waals surface area contributed by atoms with Crippen LogP contribution in [0.2, 0.25) is 0 Å². The number of halogens is 4. The van der Waals surface area contributed by atoms with Gasteiger partial charge in [-0.05, 0) is 6.92 Å². The number of carbonyl (C=O) groups excluding carboxylic acids is 1. The lowest BCUT2D eigenvalue weighted by Gasteiger charge is -2.23. The van der Waals surface area contributed by atoms with Crippen molar-refractivity contribution >= 4 is 22.8 Å². The van der Waals surface area contributed by atoms with Crippen molar-refractivity contribution in [3.8, 4) is 11.4 Å². The monoisotopic (exact) mass is 397 g/mol. The second-order valence-electron chi connectivity index (χ2n) is 6.05. The van der Waals surface area contributed by atoms with Crippen molar-refractivity contribution in [1.82, 2.24) is 29.8 Å². The molecule has 0 fully saturated rings. The molecular weight excluding hydrogens is 382 g/mol. The molecule has 0 saturated carbocycles. The van der Waals surface area contributed by atoms with Crippen LogP contribution in [0.3, 0.4) is 0 Å². The fourth-order valence-corrected chi connectivity index (χ4v) is 2.59. The molecule has 28 heavy (non-hydrogen) atoms. The lowest BCUT2D eigenvalue weighted by atomic mass is 10.2. The topological polar surface area (TPSA) is 99.7 Å². The van der Waals surface area contributed by atoms with Crippen molar-refractivity contribution in [2.75, 3.05) is 18.9 Å². The Kier molecular flexibility index (Phi) is 5.12. The number of nitrogens with one attached hydrogen (secondary N) is 2. The number of likely N-dealkylation sites (N-methyl/N-ethyl adjacent to an activating group) is 1. The van der Waals surface area contributed by atoms with Gasteiger partial charge in [0.2, 0.25) is 5.91 Å². The summed E-state index contributed by atoms with van der Waals surface area (Å²) in [6.07, 6.45) is 0.832. The van der Waals surface area contributed by atoms with E-state index in [0.717, 1.165) is 13.2 Å². The minimum absolute atomic E-state index is 0.133. The molecule has 0 aliphatic heterocycles. The van der Waals surface area contributed by atoms with Crippen molar-refractivity contribution in [1.29, 1.82) is 0 Å². The normalized spacial score (nSPS) is 12.8. The Balaban J connectivity index is 1.83. The molecule has 0 aliphatic rings. The van der Waals surface area contributed by atoms with Crippen LogP contribution >= 0.6 is 0 Å². The lowest BCUT2D eigenvalue weighted by Crippen LogP contribution is -2.43. The maximum atomic E-state index is 14.1. The molecule has 3 aromatic rings. The van der Waals surface area contributed by atoms with Gasteiger partial charge < -0.3 is 15.2 Å². The predicted molar refractivity (Wildman–Crippen MR) is 91.6 cm³/mol. The third-order valence-electron chi connectivity index (χ3n) is 3.86. The Morgan fingerprint density at radius 2 is 2.07 bits per heavy atom. The molecule has 0 bridgehead atoms. The third kappa shape index (κ3) is 4.15. The van der Waals surface area contributed by atoms with Gasteiger partial charge in [-0.25, -0.2) is 24.3 Å². The Hall–Kier alpha value is -3.31. The molecule has 3 rings (SSSR count). The van der Waals surface area contributed by atoms with E-state index >= 15 is 0 Å². The summed E-state index contributed by atoms with van der Waals surface area (Å²) in [5.74, 6) is -1.89. The Morgan fingerprint density at radius 1 is 1.32 bits per heavy atom. The number of H-pyrrole nitrogens is 1. The molecule has 3 aromatic heterocycles. The third-order valence-corrected chi connectivity index (χ3v) is 3.86. The number of nitrogens with zero attached hydrogens (tertiary/aromatic N) is 5. The highest BCUT2D eigenvalue weighted by molar-refractivity contribution is 5.91. The van der Waals surface area contributed by atoms with Crippen LogP contribution in [0.1, 0.15) is 6.92 Å². The van der Waals surface area contributed by atoms with Gasteiger partial charge in [0.05, 0.1) is 6.20 Å². The highest BCUT2D eigenvalue weighted by atomic mass is 19.4. The maximum Gasteiger partial charge on any atom is 0.406 e. The second-order valence-corrected chi connectivity index (χ2v) is 6.05. The van der Waals surface area contributed by atoms with E-state index in [1.54, 1.807) is 6.20 Å². The van der Waals surface area contributed by atoms with E-state index in [1.165, 1.54) is 19.4 Å². The Bertz CT molecular complexity index is 1000. The molecule has 0 radical (unpaired) electrons. The minimum atomic E-state index is -4.53. The first-order valence-corrected chi connectivity index (χ1v) is 8.04. The van der Waals surface area contributed by atoms with Gasteiger partial charge in [-0.3, -0.25) is 4.79 Å². The standard InChI is InChI=1S/C16H15F4N7O/c1-8(15(28)27(2)6-16(18,19)20)25-14-11(17)5-23-13(26-14)10-4-22-12-9(10)3-21-7-24-12/h3-5,7-8H,6H2,1-2H3,(H,21,22,24)(H,23,25,26)/t8-/m1/s1. The molecule has 2 N–H and O–H groups in total. The van der Waals surface area contributed by atoms with Crippen molar-refractivity contribution < 1.29 is 22.4 Å². The molecular formula is C16H15F4N7O. The summed E-state index contributed by atoms with van der Waals surface area (Å²) in [5, 5.41) is 3.11. The van der Waals surface area contributed by atoms with Crippen LogP contribution in [0.25, 0.3) is 22.4 Å². The van der Waals surface area contributed by atoms with Gasteiger partial charge in [-0.2, -0.15) is 13.2 Å². The number of carbonyl (C=O) groups is 1.